The van der Waals surface area contributed by atoms with Crippen LogP contribution in [-0.4, -0.2) is 39.8 Å². The number of sulfonamides is 1. The summed E-state index contributed by atoms with van der Waals surface area (Å²) in [4.78, 5) is 12.1. The van der Waals surface area contributed by atoms with E-state index in [0.29, 0.717) is 36.2 Å². The van der Waals surface area contributed by atoms with Crippen LogP contribution in [0, 0.1) is 0 Å². The highest BCUT2D eigenvalue weighted by Crippen LogP contribution is 2.29. The maximum Gasteiger partial charge on any atom is 0.258 e. The summed E-state index contributed by atoms with van der Waals surface area (Å²) in [5, 5.41) is 5.89. The lowest BCUT2D eigenvalue weighted by Gasteiger charge is -2.15. The number of carbonyl (C=O) groups excluding carboxylic acids is 1. The molecule has 150 valence electrons. The van der Waals surface area contributed by atoms with Crippen molar-refractivity contribution in [1.82, 2.24) is 5.32 Å². The summed E-state index contributed by atoms with van der Waals surface area (Å²) in [6.07, 6.45) is 3.77. The van der Waals surface area contributed by atoms with Crippen molar-refractivity contribution in [2.45, 2.75) is 19.9 Å². The van der Waals surface area contributed by atoms with E-state index in [0.717, 1.165) is 6.26 Å². The normalized spacial score (nSPS) is 11.0. The maximum atomic E-state index is 12.1. The smallest absolute Gasteiger partial charge is 0.258 e. The van der Waals surface area contributed by atoms with Gasteiger partial charge in [-0.2, -0.15) is 0 Å². The molecule has 0 aliphatic rings. The fraction of sp³-hybridized carbons (Fsp3) is 0.353. The molecule has 0 bridgehead atoms. The number of hydrogen-bond acceptors (Lipinski definition) is 6. The summed E-state index contributed by atoms with van der Waals surface area (Å²) in [6, 6.07) is 6.60. The first-order chi connectivity index (χ1) is 12.2. The Morgan fingerprint density at radius 3 is 2.59 bits per heavy atom. The van der Waals surface area contributed by atoms with E-state index in [1.807, 2.05) is 13.8 Å². The van der Waals surface area contributed by atoms with Crippen molar-refractivity contribution in [2.24, 2.45) is 0 Å². The molecule has 2 rings (SSSR count). The van der Waals surface area contributed by atoms with Gasteiger partial charge in [-0.1, -0.05) is 13.8 Å². The number of carbonyl (C=O) groups is 1. The molecule has 3 N–H and O–H groups in total. The van der Waals surface area contributed by atoms with E-state index < -0.39 is 10.0 Å². The number of nitrogens with one attached hydrogen (secondary N) is 3. The number of amides is 1. The van der Waals surface area contributed by atoms with E-state index in [1.54, 1.807) is 12.1 Å². The van der Waals surface area contributed by atoms with Crippen molar-refractivity contribution in [1.29, 1.82) is 0 Å². The molecular formula is C17H24ClN3O5S. The zero-order valence-corrected chi connectivity index (χ0v) is 16.9. The van der Waals surface area contributed by atoms with Crippen molar-refractivity contribution in [3.8, 4) is 5.75 Å². The van der Waals surface area contributed by atoms with E-state index in [2.05, 4.69) is 15.4 Å². The Bertz CT molecular complexity index is 838. The van der Waals surface area contributed by atoms with Crippen molar-refractivity contribution in [2.75, 3.05) is 29.4 Å². The highest BCUT2D eigenvalue weighted by atomic mass is 35.5. The van der Waals surface area contributed by atoms with Gasteiger partial charge in [0.1, 0.15) is 18.6 Å². The van der Waals surface area contributed by atoms with Crippen molar-refractivity contribution < 1.29 is 22.4 Å². The van der Waals surface area contributed by atoms with E-state index in [-0.39, 0.29) is 24.0 Å². The molecule has 0 saturated heterocycles. The second-order valence-corrected chi connectivity index (χ2v) is 7.76. The van der Waals surface area contributed by atoms with E-state index in [9.17, 15) is 13.2 Å². The molecular weight excluding hydrogens is 394 g/mol. The lowest BCUT2D eigenvalue weighted by atomic mass is 10.2. The Hall–Kier alpha value is -2.23. The highest BCUT2D eigenvalue weighted by molar-refractivity contribution is 7.92. The van der Waals surface area contributed by atoms with E-state index in [1.165, 1.54) is 24.7 Å². The number of rotatable bonds is 9. The van der Waals surface area contributed by atoms with Gasteiger partial charge in [0.2, 0.25) is 10.0 Å². The topological polar surface area (TPSA) is 110 Å². The van der Waals surface area contributed by atoms with Crippen LogP contribution in [0.25, 0.3) is 0 Å². The first-order valence-corrected chi connectivity index (χ1v) is 9.95. The Labute approximate surface area is 165 Å². The lowest BCUT2D eigenvalue weighted by Crippen LogP contribution is -2.27. The molecule has 0 spiro atoms. The van der Waals surface area contributed by atoms with Crippen molar-refractivity contribution in [3.05, 3.63) is 42.4 Å². The van der Waals surface area contributed by atoms with Crippen LogP contribution >= 0.6 is 12.4 Å². The third-order valence-electron chi connectivity index (χ3n) is 3.23. The van der Waals surface area contributed by atoms with Gasteiger partial charge in [0.05, 0.1) is 23.8 Å². The van der Waals surface area contributed by atoms with Gasteiger partial charge in [-0.05, 0) is 24.3 Å². The van der Waals surface area contributed by atoms with Crippen LogP contribution in [0.4, 0.5) is 11.4 Å². The predicted octanol–water partition coefficient (Wildman–Crippen LogP) is 2.70. The summed E-state index contributed by atoms with van der Waals surface area (Å²) in [7, 11) is -3.51. The highest BCUT2D eigenvalue weighted by Gasteiger charge is 2.13. The zero-order chi connectivity index (χ0) is 19.2. The predicted molar refractivity (Wildman–Crippen MR) is 107 cm³/mol. The van der Waals surface area contributed by atoms with E-state index >= 15 is 0 Å². The SMILES string of the molecule is CC(C)NCCOc1ccc(NC(=O)c2ccoc2)cc1NS(C)(=O)=O.Cl. The average molecular weight is 418 g/mol. The molecule has 0 aliphatic heterocycles. The van der Waals surface area contributed by atoms with Gasteiger partial charge in [-0.15, -0.1) is 12.4 Å². The molecule has 0 aliphatic carbocycles. The molecule has 1 heterocycles. The first-order valence-electron chi connectivity index (χ1n) is 8.06. The quantitative estimate of drug-likeness (QED) is 0.541. The van der Waals surface area contributed by atoms with Gasteiger partial charge in [-0.3, -0.25) is 9.52 Å². The summed E-state index contributed by atoms with van der Waals surface area (Å²) in [5.41, 5.74) is 1.04. The van der Waals surface area contributed by atoms with Crippen LogP contribution in [0.1, 0.15) is 24.2 Å². The van der Waals surface area contributed by atoms with Gasteiger partial charge >= 0.3 is 0 Å². The number of furan rings is 1. The monoisotopic (exact) mass is 417 g/mol. The molecule has 10 heteroatoms. The summed E-state index contributed by atoms with van der Waals surface area (Å²) >= 11 is 0. The molecule has 2 aromatic rings. The average Bonchev–Trinajstić information content (AvgIpc) is 3.06. The third-order valence-corrected chi connectivity index (χ3v) is 3.82. The minimum Gasteiger partial charge on any atom is -0.490 e. The van der Waals surface area contributed by atoms with Crippen LogP contribution < -0.4 is 20.1 Å². The second-order valence-electron chi connectivity index (χ2n) is 6.01. The molecule has 27 heavy (non-hydrogen) atoms. The standard InChI is InChI=1S/C17H23N3O5S.ClH/c1-12(2)18-7-9-25-16-5-4-14(10-15(16)20-26(3,22)23)19-17(21)13-6-8-24-11-13;/h4-6,8,10-12,18,20H,7,9H2,1-3H3,(H,19,21);1H. The Morgan fingerprint density at radius 1 is 1.26 bits per heavy atom. The number of hydrogen-bond donors (Lipinski definition) is 3. The maximum absolute atomic E-state index is 12.1. The molecule has 1 amide bonds. The van der Waals surface area contributed by atoms with Crippen molar-refractivity contribution >= 4 is 39.7 Å². The third kappa shape index (κ3) is 7.90. The van der Waals surface area contributed by atoms with E-state index in [4.69, 9.17) is 9.15 Å². The summed E-state index contributed by atoms with van der Waals surface area (Å²) in [6.45, 7) is 5.04. The molecule has 0 fully saturated rings. The van der Waals surface area contributed by atoms with Crippen LogP contribution in [0.3, 0.4) is 0 Å². The Balaban J connectivity index is 0.00000364. The summed E-state index contributed by atoms with van der Waals surface area (Å²) < 4.78 is 36.2. The Morgan fingerprint density at radius 2 is 2.00 bits per heavy atom. The van der Waals surface area contributed by atoms with Gasteiger partial charge in [0, 0.05) is 18.3 Å². The van der Waals surface area contributed by atoms with Gasteiger partial charge in [0.25, 0.3) is 5.91 Å². The second kappa shape index (κ2) is 10.2. The van der Waals surface area contributed by atoms with Crippen molar-refractivity contribution in [3.63, 3.8) is 0 Å². The number of benzene rings is 1. The summed E-state index contributed by atoms with van der Waals surface area (Å²) in [5.74, 6) is 0.0150. The molecule has 0 saturated carbocycles. The lowest BCUT2D eigenvalue weighted by molar-refractivity contribution is 0.102. The largest absolute Gasteiger partial charge is 0.490 e. The zero-order valence-electron chi connectivity index (χ0n) is 15.3. The van der Waals surface area contributed by atoms with Gasteiger partial charge in [0.15, 0.2) is 0 Å². The fourth-order valence-corrected chi connectivity index (χ4v) is 2.68. The number of halogens is 1. The van der Waals surface area contributed by atoms with Crippen LogP contribution in [0.15, 0.2) is 41.2 Å². The van der Waals surface area contributed by atoms with Crippen LogP contribution in [-0.2, 0) is 10.0 Å². The van der Waals surface area contributed by atoms with Gasteiger partial charge < -0.3 is 19.8 Å². The molecule has 1 aromatic carbocycles. The molecule has 1 aromatic heterocycles. The molecule has 0 unspecified atom stereocenters. The molecule has 0 atom stereocenters. The number of anilines is 2. The number of ether oxygens (including phenoxy) is 1. The molecule has 8 nitrogen and oxygen atoms in total. The minimum atomic E-state index is -3.51. The molecule has 0 radical (unpaired) electrons. The minimum absolute atomic E-state index is 0. The Kier molecular flexibility index (Phi) is 8.61. The van der Waals surface area contributed by atoms with Crippen LogP contribution in [0.5, 0.6) is 5.75 Å². The van der Waals surface area contributed by atoms with Gasteiger partial charge in [-0.25, -0.2) is 8.42 Å². The fourth-order valence-electron chi connectivity index (χ4n) is 2.12. The van der Waals surface area contributed by atoms with Crippen LogP contribution in [0.2, 0.25) is 0 Å². The first kappa shape index (κ1) is 22.8.